The number of carbonyl (C=O) groups is 1. The lowest BCUT2D eigenvalue weighted by atomic mass is 10.2. The number of hydrogen-bond acceptors (Lipinski definition) is 5. The van der Waals surface area contributed by atoms with Crippen LogP contribution >= 0.6 is 0 Å². The van der Waals surface area contributed by atoms with Crippen molar-refractivity contribution in [2.75, 3.05) is 0 Å². The molecule has 1 aromatic carbocycles. The van der Waals surface area contributed by atoms with Gasteiger partial charge in [0.2, 0.25) is 0 Å². The molecule has 0 saturated heterocycles. The molecular formula is C12H15NO5S. The van der Waals surface area contributed by atoms with Crippen LogP contribution in [0.2, 0.25) is 0 Å². The Bertz CT molecular complexity index is 577. The SMILES string of the molecule is Cc1ccc(S(=O)(=O)OC(C)CC(=N)C(=O)O)cc1. The Kier molecular flexibility index (Phi) is 4.79. The van der Waals surface area contributed by atoms with E-state index in [1.807, 2.05) is 6.92 Å². The average Bonchev–Trinajstić information content (AvgIpc) is 2.28. The molecule has 0 aliphatic carbocycles. The highest BCUT2D eigenvalue weighted by Crippen LogP contribution is 2.16. The van der Waals surface area contributed by atoms with E-state index in [9.17, 15) is 13.2 Å². The van der Waals surface area contributed by atoms with Crippen LogP contribution in [0.15, 0.2) is 29.2 Å². The van der Waals surface area contributed by atoms with E-state index >= 15 is 0 Å². The van der Waals surface area contributed by atoms with E-state index in [0.29, 0.717) is 0 Å². The van der Waals surface area contributed by atoms with Crippen molar-refractivity contribution in [1.82, 2.24) is 0 Å². The summed E-state index contributed by atoms with van der Waals surface area (Å²) in [7, 11) is -3.94. The summed E-state index contributed by atoms with van der Waals surface area (Å²) in [5, 5.41) is 15.7. The Labute approximate surface area is 111 Å². The molecule has 0 bridgehead atoms. The Morgan fingerprint density at radius 3 is 2.37 bits per heavy atom. The van der Waals surface area contributed by atoms with Crippen molar-refractivity contribution in [3.05, 3.63) is 29.8 Å². The highest BCUT2D eigenvalue weighted by atomic mass is 32.2. The Morgan fingerprint density at radius 1 is 1.37 bits per heavy atom. The number of carboxylic acid groups (broad SMARTS) is 1. The van der Waals surface area contributed by atoms with Crippen LogP contribution in [0.5, 0.6) is 0 Å². The predicted molar refractivity (Wildman–Crippen MR) is 68.9 cm³/mol. The van der Waals surface area contributed by atoms with Gasteiger partial charge in [0.15, 0.2) is 0 Å². The van der Waals surface area contributed by atoms with Crippen LogP contribution < -0.4 is 0 Å². The third-order valence-corrected chi connectivity index (χ3v) is 3.78. The van der Waals surface area contributed by atoms with Crippen LogP contribution in [-0.4, -0.2) is 31.3 Å². The molecule has 104 valence electrons. The van der Waals surface area contributed by atoms with Crippen LogP contribution in [0.4, 0.5) is 0 Å². The maximum atomic E-state index is 11.9. The average molecular weight is 285 g/mol. The van der Waals surface area contributed by atoms with Crippen LogP contribution in [-0.2, 0) is 19.1 Å². The summed E-state index contributed by atoms with van der Waals surface area (Å²) in [6.45, 7) is 3.23. The molecule has 0 heterocycles. The van der Waals surface area contributed by atoms with Crippen LogP contribution in [0, 0.1) is 12.3 Å². The summed E-state index contributed by atoms with van der Waals surface area (Å²) in [6, 6.07) is 6.11. The normalized spacial score (nSPS) is 12.9. The van der Waals surface area contributed by atoms with Crippen LogP contribution in [0.1, 0.15) is 18.9 Å². The van der Waals surface area contributed by atoms with Crippen molar-refractivity contribution in [2.45, 2.75) is 31.3 Å². The van der Waals surface area contributed by atoms with Crippen LogP contribution in [0.3, 0.4) is 0 Å². The summed E-state index contributed by atoms with van der Waals surface area (Å²) in [6.07, 6.45) is -1.18. The van der Waals surface area contributed by atoms with E-state index in [-0.39, 0.29) is 11.3 Å². The third kappa shape index (κ3) is 4.46. The Hall–Kier alpha value is -1.73. The minimum atomic E-state index is -3.94. The molecule has 0 fully saturated rings. The number of carboxylic acids is 1. The van der Waals surface area contributed by atoms with Crippen molar-refractivity contribution in [3.63, 3.8) is 0 Å². The van der Waals surface area contributed by atoms with Gasteiger partial charge in [-0.2, -0.15) is 8.42 Å². The largest absolute Gasteiger partial charge is 0.477 e. The lowest BCUT2D eigenvalue weighted by Gasteiger charge is -2.12. The van der Waals surface area contributed by atoms with Gasteiger partial charge in [0, 0.05) is 6.42 Å². The molecule has 0 amide bonds. The van der Waals surface area contributed by atoms with Crippen molar-refractivity contribution < 1.29 is 22.5 Å². The fraction of sp³-hybridized carbons (Fsp3) is 0.333. The monoisotopic (exact) mass is 285 g/mol. The number of nitrogens with one attached hydrogen (secondary N) is 1. The fourth-order valence-corrected chi connectivity index (χ4v) is 2.47. The quantitative estimate of drug-likeness (QED) is 0.610. The molecule has 1 atom stereocenters. The fourth-order valence-electron chi connectivity index (χ4n) is 1.39. The lowest BCUT2D eigenvalue weighted by Crippen LogP contribution is -2.22. The molecule has 2 N–H and O–H groups in total. The van der Waals surface area contributed by atoms with Gasteiger partial charge in [0.25, 0.3) is 10.1 Å². The van der Waals surface area contributed by atoms with Crippen molar-refractivity contribution >= 4 is 21.8 Å². The summed E-state index contributed by atoms with van der Waals surface area (Å²) in [5.41, 5.74) is 0.325. The van der Waals surface area contributed by atoms with Gasteiger partial charge >= 0.3 is 5.97 Å². The first-order chi connectivity index (χ1) is 8.72. The highest BCUT2D eigenvalue weighted by molar-refractivity contribution is 7.86. The maximum absolute atomic E-state index is 11.9. The van der Waals surface area contributed by atoms with E-state index in [1.54, 1.807) is 12.1 Å². The van der Waals surface area contributed by atoms with Crippen molar-refractivity contribution in [1.29, 1.82) is 5.41 Å². The highest BCUT2D eigenvalue weighted by Gasteiger charge is 2.21. The molecule has 1 unspecified atom stereocenters. The number of rotatable bonds is 6. The topological polar surface area (TPSA) is 105 Å². The third-order valence-electron chi connectivity index (χ3n) is 2.35. The van der Waals surface area contributed by atoms with E-state index < -0.39 is 27.9 Å². The minimum Gasteiger partial charge on any atom is -0.477 e. The van der Waals surface area contributed by atoms with E-state index in [2.05, 4.69) is 0 Å². The number of aryl methyl sites for hydroxylation is 1. The second-order valence-corrected chi connectivity index (χ2v) is 5.73. The molecule has 1 aromatic rings. The minimum absolute atomic E-state index is 0.00630. The van der Waals surface area contributed by atoms with Crippen molar-refractivity contribution in [3.8, 4) is 0 Å². The summed E-state index contributed by atoms with van der Waals surface area (Å²) in [4.78, 5) is 10.5. The number of hydrogen-bond donors (Lipinski definition) is 2. The van der Waals surface area contributed by atoms with Gasteiger partial charge in [-0.05, 0) is 26.0 Å². The molecule has 0 aromatic heterocycles. The molecule has 0 aliphatic rings. The first-order valence-corrected chi connectivity index (χ1v) is 6.94. The first kappa shape index (κ1) is 15.3. The molecule has 0 radical (unpaired) electrons. The Morgan fingerprint density at radius 2 is 1.89 bits per heavy atom. The molecule has 0 saturated carbocycles. The van der Waals surface area contributed by atoms with Gasteiger partial charge in [0.1, 0.15) is 5.71 Å². The molecule has 6 nitrogen and oxygen atoms in total. The van der Waals surface area contributed by atoms with Gasteiger partial charge in [-0.3, -0.25) is 9.59 Å². The van der Waals surface area contributed by atoms with E-state index in [0.717, 1.165) is 5.56 Å². The summed E-state index contributed by atoms with van der Waals surface area (Å²) in [5.74, 6) is -1.39. The van der Waals surface area contributed by atoms with Gasteiger partial charge < -0.3 is 5.11 Å². The predicted octanol–water partition coefficient (Wildman–Crippen LogP) is 1.58. The number of aliphatic carboxylic acids is 1. The molecule has 1 rings (SSSR count). The second-order valence-electron chi connectivity index (χ2n) is 4.16. The summed E-state index contributed by atoms with van der Waals surface area (Å²) >= 11 is 0. The standard InChI is InChI=1S/C12H15NO5S/c1-8-3-5-10(6-4-8)19(16,17)18-9(2)7-11(13)12(14)15/h3-6,9,13H,7H2,1-2H3,(H,14,15). The summed E-state index contributed by atoms with van der Waals surface area (Å²) < 4.78 is 28.6. The molecule has 0 spiro atoms. The number of benzene rings is 1. The smallest absolute Gasteiger partial charge is 0.349 e. The van der Waals surface area contributed by atoms with Gasteiger partial charge in [-0.1, -0.05) is 17.7 Å². The first-order valence-electron chi connectivity index (χ1n) is 5.53. The Balaban J connectivity index is 2.77. The van der Waals surface area contributed by atoms with Crippen molar-refractivity contribution in [2.24, 2.45) is 0 Å². The van der Waals surface area contributed by atoms with Gasteiger partial charge in [-0.25, -0.2) is 4.79 Å². The van der Waals surface area contributed by atoms with E-state index in [4.69, 9.17) is 14.7 Å². The van der Waals surface area contributed by atoms with Crippen LogP contribution in [0.25, 0.3) is 0 Å². The van der Waals surface area contributed by atoms with Gasteiger partial charge in [-0.15, -0.1) is 0 Å². The van der Waals surface area contributed by atoms with Gasteiger partial charge in [0.05, 0.1) is 11.0 Å². The molecule has 19 heavy (non-hydrogen) atoms. The molecule has 7 heteroatoms. The zero-order valence-electron chi connectivity index (χ0n) is 10.6. The zero-order chi connectivity index (χ0) is 14.6. The molecule has 0 aliphatic heterocycles. The second kappa shape index (κ2) is 5.94. The maximum Gasteiger partial charge on any atom is 0.349 e. The zero-order valence-corrected chi connectivity index (χ0v) is 11.4. The van der Waals surface area contributed by atoms with E-state index in [1.165, 1.54) is 19.1 Å². The molecular weight excluding hydrogens is 270 g/mol. The lowest BCUT2D eigenvalue weighted by molar-refractivity contribution is -0.129.